The predicted molar refractivity (Wildman–Crippen MR) is 66.0 cm³/mol. The Morgan fingerprint density at radius 1 is 1.53 bits per heavy atom. The summed E-state index contributed by atoms with van der Waals surface area (Å²) in [6.45, 7) is 0. The molecule has 15 heavy (non-hydrogen) atoms. The van der Waals surface area contributed by atoms with Crippen LogP contribution >= 0.6 is 45.2 Å². The van der Waals surface area contributed by atoms with E-state index in [1.807, 2.05) is 22.6 Å². The first kappa shape index (κ1) is 13.0. The van der Waals surface area contributed by atoms with Gasteiger partial charge in [0.15, 0.2) is 0 Å². The van der Waals surface area contributed by atoms with E-state index >= 15 is 0 Å². The summed E-state index contributed by atoms with van der Waals surface area (Å²) >= 11 is 3.65. The lowest BCUT2D eigenvalue weighted by atomic mass is 10.1. The summed E-state index contributed by atoms with van der Waals surface area (Å²) in [5.41, 5.74) is -0.341. The molecule has 1 aromatic rings. The SMILES string of the molecule is O=C(O)Cc1ncc(I)c(I)c1C(F)F. The third-order valence-corrected chi connectivity index (χ3v) is 4.64. The fourth-order valence-electron chi connectivity index (χ4n) is 1.02. The molecule has 0 atom stereocenters. The third kappa shape index (κ3) is 3.20. The summed E-state index contributed by atoms with van der Waals surface area (Å²) in [5, 5.41) is 8.54. The minimum absolute atomic E-state index is 0.0673. The van der Waals surface area contributed by atoms with Crippen LogP contribution in [-0.4, -0.2) is 16.1 Å². The number of nitrogens with zero attached hydrogens (tertiary/aromatic N) is 1. The summed E-state index contributed by atoms with van der Waals surface area (Å²) in [6, 6.07) is 0. The molecule has 0 aliphatic heterocycles. The first-order chi connectivity index (χ1) is 6.93. The summed E-state index contributed by atoms with van der Waals surface area (Å²) in [7, 11) is 0. The number of rotatable bonds is 3. The second-order valence-corrected chi connectivity index (χ2v) is 4.89. The maximum atomic E-state index is 12.7. The maximum Gasteiger partial charge on any atom is 0.309 e. The largest absolute Gasteiger partial charge is 0.481 e. The Bertz CT molecular complexity index is 398. The van der Waals surface area contributed by atoms with Crippen LogP contribution in [0.2, 0.25) is 0 Å². The Labute approximate surface area is 112 Å². The van der Waals surface area contributed by atoms with E-state index in [4.69, 9.17) is 5.11 Å². The number of aliphatic carboxylic acids is 1. The Morgan fingerprint density at radius 3 is 2.60 bits per heavy atom. The highest BCUT2D eigenvalue weighted by Crippen LogP contribution is 2.30. The van der Waals surface area contributed by atoms with E-state index in [0.29, 0.717) is 7.14 Å². The summed E-state index contributed by atoms with van der Waals surface area (Å²) in [4.78, 5) is 14.2. The van der Waals surface area contributed by atoms with Gasteiger partial charge in [0.25, 0.3) is 6.43 Å². The molecule has 1 aromatic heterocycles. The van der Waals surface area contributed by atoms with Crippen molar-refractivity contribution in [2.45, 2.75) is 12.8 Å². The lowest BCUT2D eigenvalue weighted by Gasteiger charge is -2.09. The van der Waals surface area contributed by atoms with Crippen LogP contribution in [-0.2, 0) is 11.2 Å². The molecule has 0 saturated heterocycles. The predicted octanol–water partition coefficient (Wildman–Crippen LogP) is 2.86. The zero-order chi connectivity index (χ0) is 11.6. The van der Waals surface area contributed by atoms with E-state index < -0.39 is 18.8 Å². The molecule has 3 nitrogen and oxygen atoms in total. The van der Waals surface area contributed by atoms with Crippen molar-refractivity contribution in [3.05, 3.63) is 24.6 Å². The normalized spacial score (nSPS) is 10.7. The van der Waals surface area contributed by atoms with Gasteiger partial charge in [0.05, 0.1) is 17.7 Å². The number of hydrogen-bond acceptors (Lipinski definition) is 2. The fraction of sp³-hybridized carbons (Fsp3) is 0.250. The Hall–Kier alpha value is -0.0600. The molecule has 0 bridgehead atoms. The van der Waals surface area contributed by atoms with Gasteiger partial charge in [0.2, 0.25) is 0 Å². The first-order valence-electron chi connectivity index (χ1n) is 3.76. The third-order valence-electron chi connectivity index (χ3n) is 1.63. The van der Waals surface area contributed by atoms with Gasteiger partial charge in [0, 0.05) is 13.3 Å². The van der Waals surface area contributed by atoms with Gasteiger partial charge in [-0.1, -0.05) is 0 Å². The van der Waals surface area contributed by atoms with Crippen LogP contribution in [0.4, 0.5) is 8.78 Å². The van der Waals surface area contributed by atoms with E-state index in [9.17, 15) is 13.6 Å². The minimum atomic E-state index is -2.70. The van der Waals surface area contributed by atoms with Gasteiger partial charge in [-0.25, -0.2) is 8.78 Å². The van der Waals surface area contributed by atoms with Gasteiger partial charge >= 0.3 is 5.97 Å². The Balaban J connectivity index is 3.26. The van der Waals surface area contributed by atoms with E-state index in [1.54, 1.807) is 22.6 Å². The average Bonchev–Trinajstić information content (AvgIpc) is 2.10. The van der Waals surface area contributed by atoms with Crippen molar-refractivity contribution in [2.24, 2.45) is 0 Å². The van der Waals surface area contributed by atoms with Crippen LogP contribution < -0.4 is 0 Å². The van der Waals surface area contributed by atoms with Gasteiger partial charge in [-0.15, -0.1) is 0 Å². The minimum Gasteiger partial charge on any atom is -0.481 e. The first-order valence-corrected chi connectivity index (χ1v) is 5.92. The molecule has 0 amide bonds. The van der Waals surface area contributed by atoms with Crippen molar-refractivity contribution in [1.29, 1.82) is 0 Å². The number of carbonyl (C=O) groups is 1. The lowest BCUT2D eigenvalue weighted by molar-refractivity contribution is -0.136. The van der Waals surface area contributed by atoms with E-state index in [0.717, 1.165) is 0 Å². The van der Waals surface area contributed by atoms with Crippen molar-refractivity contribution in [3.8, 4) is 0 Å². The van der Waals surface area contributed by atoms with Crippen molar-refractivity contribution in [2.75, 3.05) is 0 Å². The monoisotopic (exact) mass is 439 g/mol. The number of aromatic nitrogens is 1. The zero-order valence-electron chi connectivity index (χ0n) is 7.18. The number of carboxylic acid groups (broad SMARTS) is 1. The maximum absolute atomic E-state index is 12.7. The molecule has 0 spiro atoms. The standard InChI is InChI=1S/C8H5F2I2NO2/c9-8(10)6-4(1-5(14)15)13-2-3(11)7(6)12/h2,8H,1H2,(H,14,15). The molecule has 1 rings (SSSR count). The number of hydrogen-bond donors (Lipinski definition) is 1. The molecule has 0 aliphatic rings. The molecule has 0 unspecified atom stereocenters. The topological polar surface area (TPSA) is 50.2 Å². The Kier molecular flexibility index (Phi) is 4.62. The number of alkyl halides is 2. The Morgan fingerprint density at radius 2 is 2.13 bits per heavy atom. The molecule has 0 aliphatic carbocycles. The van der Waals surface area contributed by atoms with Crippen LogP contribution in [0.1, 0.15) is 17.7 Å². The molecular formula is C8H5F2I2NO2. The van der Waals surface area contributed by atoms with Crippen LogP contribution in [0.25, 0.3) is 0 Å². The van der Waals surface area contributed by atoms with Crippen LogP contribution in [0.5, 0.6) is 0 Å². The van der Waals surface area contributed by atoms with Gasteiger partial charge in [-0.2, -0.15) is 0 Å². The fourth-order valence-corrected chi connectivity index (χ4v) is 2.14. The van der Waals surface area contributed by atoms with Gasteiger partial charge in [-0.3, -0.25) is 9.78 Å². The molecule has 1 heterocycles. The summed E-state index contributed by atoms with van der Waals surface area (Å²) in [6.07, 6.45) is -1.78. The molecule has 0 aromatic carbocycles. The van der Waals surface area contributed by atoms with Crippen LogP contribution in [0.15, 0.2) is 6.20 Å². The van der Waals surface area contributed by atoms with Gasteiger partial charge in [-0.05, 0) is 45.2 Å². The molecule has 0 fully saturated rings. The van der Waals surface area contributed by atoms with Gasteiger partial charge in [0.1, 0.15) is 0 Å². The quantitative estimate of drug-likeness (QED) is 0.738. The lowest BCUT2D eigenvalue weighted by Crippen LogP contribution is -2.09. The molecule has 7 heteroatoms. The van der Waals surface area contributed by atoms with Crippen molar-refractivity contribution in [3.63, 3.8) is 0 Å². The molecule has 82 valence electrons. The summed E-state index contributed by atoms with van der Waals surface area (Å²) < 4.78 is 26.3. The number of halogens is 4. The summed E-state index contributed by atoms with van der Waals surface area (Å²) in [5.74, 6) is -1.17. The van der Waals surface area contributed by atoms with Crippen molar-refractivity contribution < 1.29 is 18.7 Å². The molecular weight excluding hydrogens is 434 g/mol. The number of carboxylic acids is 1. The molecule has 0 saturated carbocycles. The highest BCUT2D eigenvalue weighted by atomic mass is 127. The van der Waals surface area contributed by atoms with E-state index in [1.165, 1.54) is 6.20 Å². The van der Waals surface area contributed by atoms with E-state index in [2.05, 4.69) is 4.98 Å². The molecule has 0 radical (unpaired) electrons. The van der Waals surface area contributed by atoms with Gasteiger partial charge < -0.3 is 5.11 Å². The average molecular weight is 439 g/mol. The smallest absolute Gasteiger partial charge is 0.309 e. The van der Waals surface area contributed by atoms with Crippen molar-refractivity contribution >= 4 is 51.2 Å². The highest BCUT2D eigenvalue weighted by Gasteiger charge is 2.21. The zero-order valence-corrected chi connectivity index (χ0v) is 11.5. The molecule has 1 N–H and O–H groups in total. The van der Waals surface area contributed by atoms with Crippen LogP contribution in [0, 0.1) is 7.14 Å². The van der Waals surface area contributed by atoms with E-state index in [-0.39, 0.29) is 11.3 Å². The number of pyridine rings is 1. The second kappa shape index (κ2) is 5.32. The van der Waals surface area contributed by atoms with Crippen LogP contribution in [0.3, 0.4) is 0 Å². The highest BCUT2D eigenvalue weighted by molar-refractivity contribution is 14.1. The second-order valence-electron chi connectivity index (χ2n) is 2.65. The van der Waals surface area contributed by atoms with Crippen molar-refractivity contribution in [1.82, 2.24) is 4.98 Å².